The molecule has 10 heteroatoms. The summed E-state index contributed by atoms with van der Waals surface area (Å²) in [4.78, 5) is 0.445. The highest BCUT2D eigenvalue weighted by molar-refractivity contribution is 7.90. The van der Waals surface area contributed by atoms with E-state index in [-0.39, 0.29) is 0 Å². The Morgan fingerprint density at radius 1 is 1.24 bits per heavy atom. The first-order chi connectivity index (χ1) is 9.49. The lowest BCUT2D eigenvalue weighted by Gasteiger charge is -2.15. The summed E-state index contributed by atoms with van der Waals surface area (Å²) >= 11 is 0. The van der Waals surface area contributed by atoms with Crippen molar-refractivity contribution in [2.24, 2.45) is 4.40 Å². The van der Waals surface area contributed by atoms with Gasteiger partial charge in [0.1, 0.15) is 11.2 Å². The molecule has 0 aromatic heterocycles. The average Bonchev–Trinajstić information content (AvgIpc) is 2.53. The third kappa shape index (κ3) is 2.43. The van der Waals surface area contributed by atoms with Crippen LogP contribution in [0.25, 0.3) is 0 Å². The predicted octanol–water partition coefficient (Wildman–Crippen LogP) is 2.04. The predicted molar refractivity (Wildman–Crippen MR) is 65.3 cm³/mol. The van der Waals surface area contributed by atoms with E-state index in [2.05, 4.69) is 9.13 Å². The lowest BCUT2D eigenvalue weighted by molar-refractivity contribution is -0.296. The molecule has 0 unspecified atom stereocenters. The molecular formula is C11H10F4N2O3S. The Morgan fingerprint density at radius 2 is 1.86 bits per heavy atom. The number of ether oxygens (including phenoxy) is 1. The van der Waals surface area contributed by atoms with Crippen LogP contribution in [0.15, 0.2) is 27.5 Å². The smallest absolute Gasteiger partial charge is 0.426 e. The second-order valence-electron chi connectivity index (χ2n) is 4.49. The van der Waals surface area contributed by atoms with Crippen LogP contribution in [-0.4, -0.2) is 39.9 Å². The van der Waals surface area contributed by atoms with E-state index in [1.807, 2.05) is 0 Å². The summed E-state index contributed by atoms with van der Waals surface area (Å²) in [6.07, 6.45) is -3.91. The van der Waals surface area contributed by atoms with Gasteiger partial charge in [-0.25, -0.2) is 0 Å². The Hall–Kier alpha value is -1.84. The SMILES string of the molecule is CN(C)/C=N/S(=O)(=O)c1cccc2c1OC(F)(F)C2(F)F. The molecule has 5 nitrogen and oxygen atoms in total. The van der Waals surface area contributed by atoms with Crippen molar-refractivity contribution in [1.29, 1.82) is 0 Å². The van der Waals surface area contributed by atoms with Crippen molar-refractivity contribution >= 4 is 16.4 Å². The maximum Gasteiger partial charge on any atom is 0.469 e. The van der Waals surface area contributed by atoms with Crippen molar-refractivity contribution in [3.8, 4) is 5.75 Å². The number of hydrogen-bond acceptors (Lipinski definition) is 3. The third-order valence-electron chi connectivity index (χ3n) is 2.61. The summed E-state index contributed by atoms with van der Waals surface area (Å²) in [6, 6.07) is 2.49. The van der Waals surface area contributed by atoms with Gasteiger partial charge in [0.15, 0.2) is 5.75 Å². The van der Waals surface area contributed by atoms with E-state index >= 15 is 0 Å². The Kier molecular flexibility index (Phi) is 3.39. The van der Waals surface area contributed by atoms with Gasteiger partial charge in [0.05, 0.1) is 5.56 Å². The van der Waals surface area contributed by atoms with Gasteiger partial charge in [0, 0.05) is 14.1 Å². The highest BCUT2D eigenvalue weighted by Crippen LogP contribution is 2.55. The second kappa shape index (κ2) is 4.58. The van der Waals surface area contributed by atoms with Crippen molar-refractivity contribution in [1.82, 2.24) is 4.90 Å². The van der Waals surface area contributed by atoms with Crippen LogP contribution in [0.2, 0.25) is 0 Å². The van der Waals surface area contributed by atoms with Gasteiger partial charge >= 0.3 is 12.0 Å². The van der Waals surface area contributed by atoms with Crippen LogP contribution < -0.4 is 4.74 Å². The molecule has 0 saturated heterocycles. The van der Waals surface area contributed by atoms with E-state index in [0.717, 1.165) is 18.5 Å². The molecule has 21 heavy (non-hydrogen) atoms. The van der Waals surface area contributed by atoms with Gasteiger partial charge in [-0.15, -0.1) is 4.40 Å². The minimum Gasteiger partial charge on any atom is -0.426 e. The molecule has 0 aliphatic carbocycles. The minimum absolute atomic E-state index is 0.685. The first-order valence-corrected chi connectivity index (χ1v) is 6.98. The van der Waals surface area contributed by atoms with E-state index in [4.69, 9.17) is 0 Å². The van der Waals surface area contributed by atoms with E-state index in [1.165, 1.54) is 19.0 Å². The largest absolute Gasteiger partial charge is 0.469 e. The molecule has 0 saturated carbocycles. The zero-order valence-electron chi connectivity index (χ0n) is 10.8. The number of hydrogen-bond donors (Lipinski definition) is 0. The number of sulfonamides is 1. The second-order valence-corrected chi connectivity index (χ2v) is 6.09. The molecule has 0 bridgehead atoms. The van der Waals surface area contributed by atoms with E-state index < -0.39 is 38.3 Å². The van der Waals surface area contributed by atoms with Gasteiger partial charge in [-0.05, 0) is 12.1 Å². The number of fused-ring (bicyclic) bond motifs is 1. The van der Waals surface area contributed by atoms with Crippen LogP contribution in [0.5, 0.6) is 5.75 Å². The fourth-order valence-corrected chi connectivity index (χ4v) is 2.70. The molecule has 1 aliphatic rings. The van der Waals surface area contributed by atoms with Crippen LogP contribution in [-0.2, 0) is 15.9 Å². The number of alkyl halides is 4. The lowest BCUT2D eigenvalue weighted by atomic mass is 10.1. The standard InChI is InChI=1S/C11H10F4N2O3S/c1-17(2)6-16-21(18,19)8-5-3-4-7-9(8)20-11(14,15)10(7,12)13/h3-6H,1-2H3/b16-6+. The Balaban J connectivity index is 2.60. The van der Waals surface area contributed by atoms with Crippen molar-refractivity contribution in [2.45, 2.75) is 16.9 Å². The fraction of sp³-hybridized carbons (Fsp3) is 0.364. The maximum absolute atomic E-state index is 13.5. The van der Waals surface area contributed by atoms with E-state index in [9.17, 15) is 26.0 Å². The summed E-state index contributed by atoms with van der Waals surface area (Å²) < 4.78 is 84.3. The van der Waals surface area contributed by atoms with Crippen LogP contribution in [0.1, 0.15) is 5.56 Å². The normalized spacial score (nSPS) is 19.3. The van der Waals surface area contributed by atoms with Crippen molar-refractivity contribution < 1.29 is 30.7 Å². The molecule has 0 N–H and O–H groups in total. The summed E-state index contributed by atoms with van der Waals surface area (Å²) in [5.74, 6) is -5.69. The molecule has 1 aliphatic heterocycles. The Morgan fingerprint density at radius 3 is 2.43 bits per heavy atom. The molecule has 1 aromatic rings. The highest BCUT2D eigenvalue weighted by Gasteiger charge is 2.67. The Bertz CT molecular complexity index is 701. The van der Waals surface area contributed by atoms with Crippen LogP contribution >= 0.6 is 0 Å². The van der Waals surface area contributed by atoms with Gasteiger partial charge in [-0.3, -0.25) is 0 Å². The molecule has 1 aromatic carbocycles. The quantitative estimate of drug-likeness (QED) is 0.484. The molecule has 0 spiro atoms. The zero-order chi connectivity index (χ0) is 16.1. The molecule has 0 atom stereocenters. The molecular weight excluding hydrogens is 316 g/mol. The van der Waals surface area contributed by atoms with Gasteiger partial charge in [0.25, 0.3) is 10.0 Å². The number of halogens is 4. The minimum atomic E-state index is -4.81. The van der Waals surface area contributed by atoms with Gasteiger partial charge < -0.3 is 9.64 Å². The lowest BCUT2D eigenvalue weighted by Crippen LogP contribution is -2.36. The summed E-state index contributed by atoms with van der Waals surface area (Å²) in [6.45, 7) is 0. The fourth-order valence-electron chi connectivity index (χ4n) is 1.63. The van der Waals surface area contributed by atoms with Gasteiger partial charge in [-0.1, -0.05) is 6.07 Å². The third-order valence-corrected chi connectivity index (χ3v) is 3.86. The maximum atomic E-state index is 13.5. The van der Waals surface area contributed by atoms with E-state index in [1.54, 1.807) is 0 Å². The number of para-hydroxylation sites is 1. The summed E-state index contributed by atoms with van der Waals surface area (Å²) in [5.41, 5.74) is -1.19. The van der Waals surface area contributed by atoms with Crippen molar-refractivity contribution in [2.75, 3.05) is 14.1 Å². The average molecular weight is 326 g/mol. The number of rotatable bonds is 3. The summed E-state index contributed by atoms with van der Waals surface area (Å²) in [7, 11) is -1.49. The van der Waals surface area contributed by atoms with Crippen LogP contribution in [0, 0.1) is 0 Å². The molecule has 0 amide bonds. The molecule has 116 valence electrons. The first-order valence-electron chi connectivity index (χ1n) is 5.54. The topological polar surface area (TPSA) is 59.0 Å². The van der Waals surface area contributed by atoms with Crippen LogP contribution in [0.4, 0.5) is 17.6 Å². The number of nitrogens with zero attached hydrogens (tertiary/aromatic N) is 2. The summed E-state index contributed by atoms with van der Waals surface area (Å²) in [5, 5.41) is 0. The number of benzene rings is 1. The molecule has 2 rings (SSSR count). The van der Waals surface area contributed by atoms with Crippen molar-refractivity contribution in [3.63, 3.8) is 0 Å². The Labute approximate surface area is 117 Å². The molecule has 1 heterocycles. The van der Waals surface area contributed by atoms with Crippen molar-refractivity contribution in [3.05, 3.63) is 23.8 Å². The molecule has 0 fully saturated rings. The zero-order valence-corrected chi connectivity index (χ0v) is 11.7. The monoisotopic (exact) mass is 326 g/mol. The first kappa shape index (κ1) is 15.5. The van der Waals surface area contributed by atoms with Gasteiger partial charge in [0.2, 0.25) is 0 Å². The van der Waals surface area contributed by atoms with Gasteiger partial charge in [-0.2, -0.15) is 26.0 Å². The highest BCUT2D eigenvalue weighted by atomic mass is 32.2. The molecule has 0 radical (unpaired) electrons. The van der Waals surface area contributed by atoms with E-state index in [0.29, 0.717) is 6.07 Å². The van der Waals surface area contributed by atoms with Crippen LogP contribution in [0.3, 0.4) is 0 Å².